The molecular formula is C18H17N3OS. The lowest BCUT2D eigenvalue weighted by molar-refractivity contribution is 0.0710. The Morgan fingerprint density at radius 2 is 2.09 bits per heavy atom. The second-order valence-electron chi connectivity index (χ2n) is 6.32. The fourth-order valence-corrected chi connectivity index (χ4v) is 4.80. The van der Waals surface area contributed by atoms with Crippen molar-refractivity contribution in [2.24, 2.45) is 0 Å². The van der Waals surface area contributed by atoms with E-state index >= 15 is 0 Å². The van der Waals surface area contributed by atoms with Crippen LogP contribution in [0.15, 0.2) is 30.3 Å². The summed E-state index contributed by atoms with van der Waals surface area (Å²) in [5.41, 5.74) is 3.92. The molecule has 0 bridgehead atoms. The topological polar surface area (TPSA) is 38.1 Å². The molecule has 0 radical (unpaired) electrons. The predicted octanol–water partition coefficient (Wildman–Crippen LogP) is 3.24. The number of carbonyl (C=O) groups excluding carboxylic acids is 1. The minimum absolute atomic E-state index is 0.158. The van der Waals surface area contributed by atoms with Crippen LogP contribution in [-0.2, 0) is 25.9 Å². The van der Waals surface area contributed by atoms with Gasteiger partial charge >= 0.3 is 0 Å². The van der Waals surface area contributed by atoms with E-state index in [9.17, 15) is 4.79 Å². The Morgan fingerprint density at radius 1 is 1.17 bits per heavy atom. The molecule has 0 saturated carbocycles. The van der Waals surface area contributed by atoms with Crippen molar-refractivity contribution < 1.29 is 4.79 Å². The highest BCUT2D eigenvalue weighted by Gasteiger charge is 2.29. The summed E-state index contributed by atoms with van der Waals surface area (Å²) in [4.78, 5) is 15.7. The smallest absolute Gasteiger partial charge is 0.264 e. The van der Waals surface area contributed by atoms with Crippen LogP contribution in [0.3, 0.4) is 0 Å². The first kappa shape index (κ1) is 13.3. The summed E-state index contributed by atoms with van der Waals surface area (Å²) in [5.74, 6) is 0.158. The van der Waals surface area contributed by atoms with E-state index in [1.165, 1.54) is 28.1 Å². The third-order valence-corrected chi connectivity index (χ3v) is 6.04. The van der Waals surface area contributed by atoms with Crippen LogP contribution in [0.5, 0.6) is 0 Å². The van der Waals surface area contributed by atoms with Crippen molar-refractivity contribution >= 4 is 27.3 Å². The van der Waals surface area contributed by atoms with Gasteiger partial charge in [-0.3, -0.25) is 9.48 Å². The van der Waals surface area contributed by atoms with Gasteiger partial charge in [0.1, 0.15) is 0 Å². The van der Waals surface area contributed by atoms with E-state index in [2.05, 4.69) is 16.8 Å². The Morgan fingerprint density at radius 3 is 3.00 bits per heavy atom. The Bertz CT molecular complexity index is 891. The van der Waals surface area contributed by atoms with Crippen LogP contribution in [0.25, 0.3) is 10.1 Å². The average molecular weight is 323 g/mol. The lowest BCUT2D eigenvalue weighted by Crippen LogP contribution is -2.38. The monoisotopic (exact) mass is 323 g/mol. The van der Waals surface area contributed by atoms with Gasteiger partial charge in [-0.15, -0.1) is 11.3 Å². The van der Waals surface area contributed by atoms with Crippen LogP contribution in [0.4, 0.5) is 0 Å². The number of aromatic nitrogens is 2. The molecule has 0 unspecified atom stereocenters. The Hall–Kier alpha value is -2.14. The van der Waals surface area contributed by atoms with E-state index < -0.39 is 0 Å². The van der Waals surface area contributed by atoms with Crippen molar-refractivity contribution in [2.45, 2.75) is 32.4 Å². The van der Waals surface area contributed by atoms with E-state index in [0.717, 1.165) is 36.2 Å². The number of rotatable bonds is 1. The largest absolute Gasteiger partial charge is 0.330 e. The zero-order valence-corrected chi connectivity index (χ0v) is 13.6. The Balaban J connectivity index is 1.46. The maximum Gasteiger partial charge on any atom is 0.264 e. The summed E-state index contributed by atoms with van der Waals surface area (Å²) in [5, 5.41) is 5.87. The number of amides is 1. The average Bonchev–Trinajstić information content (AvgIpc) is 3.27. The fraction of sp³-hybridized carbons (Fsp3) is 0.333. The summed E-state index contributed by atoms with van der Waals surface area (Å²) in [6.07, 6.45) is 3.42. The van der Waals surface area contributed by atoms with E-state index in [-0.39, 0.29) is 5.91 Å². The van der Waals surface area contributed by atoms with E-state index in [0.29, 0.717) is 6.54 Å². The molecule has 1 aliphatic carbocycles. The molecule has 0 spiro atoms. The van der Waals surface area contributed by atoms with Gasteiger partial charge in [0.05, 0.1) is 29.4 Å². The molecule has 4 nitrogen and oxygen atoms in total. The normalized spacial score (nSPS) is 16.6. The lowest BCUT2D eigenvalue weighted by atomic mass is 10.1. The molecule has 2 aromatic heterocycles. The molecule has 3 aromatic rings. The number of benzene rings is 1. The molecule has 1 aliphatic heterocycles. The molecule has 0 saturated heterocycles. The highest BCUT2D eigenvalue weighted by Crippen LogP contribution is 2.30. The molecule has 0 fully saturated rings. The zero-order valence-electron chi connectivity index (χ0n) is 12.8. The first-order chi connectivity index (χ1) is 11.3. The molecule has 1 amide bonds. The minimum Gasteiger partial charge on any atom is -0.330 e. The summed E-state index contributed by atoms with van der Waals surface area (Å²) >= 11 is 1.59. The second-order valence-corrected chi connectivity index (χ2v) is 7.41. The first-order valence-corrected chi connectivity index (χ1v) is 8.96. The van der Waals surface area contributed by atoms with Gasteiger partial charge in [-0.2, -0.15) is 5.10 Å². The van der Waals surface area contributed by atoms with Crippen molar-refractivity contribution in [3.63, 3.8) is 0 Å². The van der Waals surface area contributed by atoms with Crippen molar-refractivity contribution in [2.75, 3.05) is 6.54 Å². The van der Waals surface area contributed by atoms with E-state index in [1.807, 2.05) is 23.1 Å². The lowest BCUT2D eigenvalue weighted by Gasteiger charge is -2.28. The number of fused-ring (bicyclic) bond motifs is 4. The maximum absolute atomic E-state index is 12.9. The molecular weight excluding hydrogens is 306 g/mol. The minimum atomic E-state index is 0.158. The van der Waals surface area contributed by atoms with Gasteiger partial charge < -0.3 is 4.90 Å². The fourth-order valence-electron chi connectivity index (χ4n) is 3.76. The second kappa shape index (κ2) is 4.93. The van der Waals surface area contributed by atoms with Crippen molar-refractivity contribution in [3.8, 4) is 0 Å². The molecule has 5 rings (SSSR count). The summed E-state index contributed by atoms with van der Waals surface area (Å²) in [6, 6.07) is 10.2. The molecule has 2 aliphatic rings. The molecule has 0 atom stereocenters. The predicted molar refractivity (Wildman–Crippen MR) is 90.8 cm³/mol. The third kappa shape index (κ3) is 2.03. The van der Waals surface area contributed by atoms with Crippen LogP contribution in [0.1, 0.15) is 33.0 Å². The highest BCUT2D eigenvalue weighted by atomic mass is 32.1. The van der Waals surface area contributed by atoms with Gasteiger partial charge in [0.2, 0.25) is 0 Å². The van der Waals surface area contributed by atoms with Gasteiger partial charge in [0, 0.05) is 11.2 Å². The third-order valence-electron chi connectivity index (χ3n) is 4.94. The molecule has 116 valence electrons. The zero-order chi connectivity index (χ0) is 15.4. The van der Waals surface area contributed by atoms with Crippen LogP contribution < -0.4 is 0 Å². The number of hydrogen-bond donors (Lipinski definition) is 0. The van der Waals surface area contributed by atoms with E-state index in [4.69, 9.17) is 5.10 Å². The number of hydrogen-bond acceptors (Lipinski definition) is 3. The number of thiophene rings is 1. The van der Waals surface area contributed by atoms with Gasteiger partial charge in [0.25, 0.3) is 5.91 Å². The van der Waals surface area contributed by atoms with Crippen molar-refractivity contribution in [1.29, 1.82) is 0 Å². The van der Waals surface area contributed by atoms with Crippen LogP contribution >= 0.6 is 11.3 Å². The number of nitrogens with zero attached hydrogens (tertiary/aromatic N) is 3. The van der Waals surface area contributed by atoms with Crippen molar-refractivity contribution in [3.05, 3.63) is 52.2 Å². The summed E-state index contributed by atoms with van der Waals surface area (Å²) in [7, 11) is 0. The van der Waals surface area contributed by atoms with Gasteiger partial charge in [-0.05, 0) is 42.3 Å². The first-order valence-electron chi connectivity index (χ1n) is 8.15. The molecule has 5 heteroatoms. The number of carbonyl (C=O) groups is 1. The van der Waals surface area contributed by atoms with Crippen LogP contribution in [0, 0.1) is 0 Å². The quantitative estimate of drug-likeness (QED) is 0.689. The van der Waals surface area contributed by atoms with Gasteiger partial charge in [-0.1, -0.05) is 18.2 Å². The van der Waals surface area contributed by atoms with Crippen molar-refractivity contribution in [1.82, 2.24) is 14.7 Å². The molecule has 0 N–H and O–H groups in total. The van der Waals surface area contributed by atoms with Gasteiger partial charge in [-0.25, -0.2) is 0 Å². The molecule has 3 heterocycles. The standard InChI is InChI=1S/C18H17N3OS/c22-18(17-10-12-4-1-2-7-16(12)23-17)20-8-9-21-15(11-20)13-5-3-6-14(13)19-21/h1-2,4,7,10H,3,5-6,8-9,11H2. The maximum atomic E-state index is 12.9. The molecule has 1 aromatic carbocycles. The Labute approximate surface area is 138 Å². The SMILES string of the molecule is O=C(c1cc2ccccc2s1)N1CCn2nc3c(c2C1)CCC3. The highest BCUT2D eigenvalue weighted by molar-refractivity contribution is 7.20. The number of aryl methyl sites for hydroxylation is 1. The van der Waals surface area contributed by atoms with Crippen LogP contribution in [-0.4, -0.2) is 27.1 Å². The molecule has 23 heavy (non-hydrogen) atoms. The Kier molecular flexibility index (Phi) is 2.85. The van der Waals surface area contributed by atoms with Crippen LogP contribution in [0.2, 0.25) is 0 Å². The van der Waals surface area contributed by atoms with E-state index in [1.54, 1.807) is 11.3 Å². The summed E-state index contributed by atoms with van der Waals surface area (Å²) in [6.45, 7) is 2.27. The summed E-state index contributed by atoms with van der Waals surface area (Å²) < 4.78 is 3.30. The van der Waals surface area contributed by atoms with Gasteiger partial charge in [0.15, 0.2) is 0 Å².